The second-order valence-corrected chi connectivity index (χ2v) is 5.37. The Balaban J connectivity index is 2.43. The van der Waals surface area contributed by atoms with Gasteiger partial charge in [0.2, 0.25) is 0 Å². The van der Waals surface area contributed by atoms with Gasteiger partial charge in [0.05, 0.1) is 0 Å². The van der Waals surface area contributed by atoms with E-state index in [0.717, 1.165) is 17.9 Å². The van der Waals surface area contributed by atoms with E-state index in [9.17, 15) is 4.79 Å². The standard InChI is InChI=1S/C14H17N3OS/c1-9(2)8-13-15-16-14(19)17(13)12-6-4-11(5-7-12)10(3)18/h4-7,9H,8H2,1-3H3,(H,16,19). The lowest BCUT2D eigenvalue weighted by atomic mass is 10.1. The summed E-state index contributed by atoms with van der Waals surface area (Å²) in [5.74, 6) is 1.47. The van der Waals surface area contributed by atoms with Gasteiger partial charge in [-0.15, -0.1) is 0 Å². The number of nitrogens with one attached hydrogen (secondary N) is 1. The largest absolute Gasteiger partial charge is 0.295 e. The molecule has 2 aromatic rings. The molecule has 0 radical (unpaired) electrons. The molecule has 5 heteroatoms. The molecular weight excluding hydrogens is 258 g/mol. The molecule has 0 aliphatic rings. The molecule has 0 amide bonds. The van der Waals surface area contributed by atoms with Crippen molar-refractivity contribution in [3.05, 3.63) is 40.4 Å². The van der Waals surface area contributed by atoms with Gasteiger partial charge in [0.15, 0.2) is 10.6 Å². The lowest BCUT2D eigenvalue weighted by Gasteiger charge is -2.08. The minimum atomic E-state index is 0.0599. The smallest absolute Gasteiger partial charge is 0.199 e. The number of hydrogen-bond donors (Lipinski definition) is 1. The van der Waals surface area contributed by atoms with Crippen LogP contribution in [0.15, 0.2) is 24.3 Å². The highest BCUT2D eigenvalue weighted by Crippen LogP contribution is 2.15. The molecule has 0 aliphatic heterocycles. The summed E-state index contributed by atoms with van der Waals surface area (Å²) in [6, 6.07) is 7.41. The molecule has 0 fully saturated rings. The van der Waals surface area contributed by atoms with Crippen LogP contribution >= 0.6 is 12.2 Å². The number of H-pyrrole nitrogens is 1. The SMILES string of the molecule is CC(=O)c1ccc(-n2c(CC(C)C)n[nH]c2=S)cc1. The fourth-order valence-electron chi connectivity index (χ4n) is 1.94. The Hall–Kier alpha value is -1.75. The van der Waals surface area contributed by atoms with Gasteiger partial charge in [-0.05, 0) is 49.3 Å². The van der Waals surface area contributed by atoms with E-state index in [-0.39, 0.29) is 5.78 Å². The second-order valence-electron chi connectivity index (χ2n) is 4.98. The highest BCUT2D eigenvalue weighted by molar-refractivity contribution is 7.71. The van der Waals surface area contributed by atoms with Crippen LogP contribution in [0.3, 0.4) is 0 Å². The monoisotopic (exact) mass is 275 g/mol. The first-order valence-electron chi connectivity index (χ1n) is 6.26. The van der Waals surface area contributed by atoms with Crippen LogP contribution in [0.1, 0.15) is 37.0 Å². The molecule has 4 nitrogen and oxygen atoms in total. The van der Waals surface area contributed by atoms with Crippen molar-refractivity contribution < 1.29 is 4.79 Å². The van der Waals surface area contributed by atoms with E-state index < -0.39 is 0 Å². The molecule has 1 heterocycles. The summed E-state index contributed by atoms with van der Waals surface area (Å²) in [5.41, 5.74) is 1.63. The lowest BCUT2D eigenvalue weighted by Crippen LogP contribution is -2.05. The summed E-state index contributed by atoms with van der Waals surface area (Å²) in [4.78, 5) is 11.3. The molecule has 100 valence electrons. The maximum absolute atomic E-state index is 11.3. The third-order valence-electron chi connectivity index (χ3n) is 2.86. The predicted molar refractivity (Wildman–Crippen MR) is 77.3 cm³/mol. The first-order valence-corrected chi connectivity index (χ1v) is 6.67. The van der Waals surface area contributed by atoms with Crippen LogP contribution < -0.4 is 0 Å². The zero-order valence-corrected chi connectivity index (χ0v) is 12.1. The first kappa shape index (κ1) is 13.7. The van der Waals surface area contributed by atoms with Gasteiger partial charge in [-0.1, -0.05) is 13.8 Å². The van der Waals surface area contributed by atoms with E-state index in [1.54, 1.807) is 6.92 Å². The summed E-state index contributed by atoms with van der Waals surface area (Å²) in [5, 5.41) is 7.10. The van der Waals surface area contributed by atoms with Gasteiger partial charge >= 0.3 is 0 Å². The molecule has 0 atom stereocenters. The quantitative estimate of drug-likeness (QED) is 0.688. The number of ketones is 1. The molecule has 0 saturated heterocycles. The number of carbonyl (C=O) groups excluding carboxylic acids is 1. The van der Waals surface area contributed by atoms with Crippen LogP contribution in [0.4, 0.5) is 0 Å². The van der Waals surface area contributed by atoms with E-state index in [4.69, 9.17) is 12.2 Å². The number of hydrogen-bond acceptors (Lipinski definition) is 3. The normalized spacial score (nSPS) is 10.9. The number of rotatable bonds is 4. The van der Waals surface area contributed by atoms with Crippen LogP contribution in [0.5, 0.6) is 0 Å². The van der Waals surface area contributed by atoms with Crippen LogP contribution in [-0.2, 0) is 6.42 Å². The fraction of sp³-hybridized carbons (Fsp3) is 0.357. The fourth-order valence-corrected chi connectivity index (χ4v) is 2.20. The van der Waals surface area contributed by atoms with Crippen LogP contribution in [0.25, 0.3) is 5.69 Å². The molecule has 0 bridgehead atoms. The van der Waals surface area contributed by atoms with Crippen molar-refractivity contribution in [3.63, 3.8) is 0 Å². The van der Waals surface area contributed by atoms with Crippen molar-refractivity contribution in [2.75, 3.05) is 0 Å². The highest BCUT2D eigenvalue weighted by Gasteiger charge is 2.10. The lowest BCUT2D eigenvalue weighted by molar-refractivity contribution is 0.101. The van der Waals surface area contributed by atoms with E-state index >= 15 is 0 Å². The Morgan fingerprint density at radius 3 is 2.53 bits per heavy atom. The Morgan fingerprint density at radius 1 is 1.37 bits per heavy atom. The van der Waals surface area contributed by atoms with E-state index in [0.29, 0.717) is 16.3 Å². The minimum Gasteiger partial charge on any atom is -0.295 e. The summed E-state index contributed by atoms with van der Waals surface area (Å²) < 4.78 is 2.49. The predicted octanol–water partition coefficient (Wildman–Crippen LogP) is 3.33. The van der Waals surface area contributed by atoms with Gasteiger partial charge in [0.1, 0.15) is 5.82 Å². The number of carbonyl (C=O) groups is 1. The third kappa shape index (κ3) is 2.98. The van der Waals surface area contributed by atoms with Crippen molar-refractivity contribution >= 4 is 18.0 Å². The van der Waals surface area contributed by atoms with Crippen molar-refractivity contribution in [1.82, 2.24) is 14.8 Å². The van der Waals surface area contributed by atoms with Gasteiger partial charge in [0, 0.05) is 17.7 Å². The van der Waals surface area contributed by atoms with Crippen LogP contribution in [-0.4, -0.2) is 20.5 Å². The molecular formula is C14H17N3OS. The van der Waals surface area contributed by atoms with Crippen LogP contribution in [0, 0.1) is 10.7 Å². The van der Waals surface area contributed by atoms with E-state index in [2.05, 4.69) is 24.0 Å². The average molecular weight is 275 g/mol. The average Bonchev–Trinajstić information content (AvgIpc) is 2.70. The number of aromatic amines is 1. The molecule has 1 aromatic heterocycles. The summed E-state index contributed by atoms with van der Waals surface area (Å²) in [6.45, 7) is 5.84. The maximum atomic E-state index is 11.3. The van der Waals surface area contributed by atoms with Crippen LogP contribution in [0.2, 0.25) is 0 Å². The van der Waals surface area contributed by atoms with Gasteiger partial charge in [-0.3, -0.25) is 14.5 Å². The molecule has 0 spiro atoms. The van der Waals surface area contributed by atoms with E-state index in [1.807, 2.05) is 28.8 Å². The topological polar surface area (TPSA) is 50.7 Å². The third-order valence-corrected chi connectivity index (χ3v) is 3.14. The van der Waals surface area contributed by atoms with Crippen molar-refractivity contribution in [3.8, 4) is 5.69 Å². The number of aromatic nitrogens is 3. The Labute approximate surface area is 117 Å². The summed E-state index contributed by atoms with van der Waals surface area (Å²) >= 11 is 5.27. The maximum Gasteiger partial charge on any atom is 0.199 e. The van der Waals surface area contributed by atoms with Gasteiger partial charge in [0.25, 0.3) is 0 Å². The Morgan fingerprint density at radius 2 is 2.00 bits per heavy atom. The van der Waals surface area contributed by atoms with Crippen molar-refractivity contribution in [1.29, 1.82) is 0 Å². The van der Waals surface area contributed by atoms with Gasteiger partial charge in [-0.2, -0.15) is 5.10 Å². The summed E-state index contributed by atoms with van der Waals surface area (Å²) in [6.07, 6.45) is 0.849. The molecule has 0 unspecified atom stereocenters. The molecule has 1 N–H and O–H groups in total. The highest BCUT2D eigenvalue weighted by atomic mass is 32.1. The summed E-state index contributed by atoms with van der Waals surface area (Å²) in [7, 11) is 0. The Kier molecular flexibility index (Phi) is 3.95. The number of nitrogens with zero attached hydrogens (tertiary/aromatic N) is 2. The first-order chi connectivity index (χ1) is 8.99. The number of Topliss-reactive ketones (excluding diaryl/α,β-unsaturated/α-hetero) is 1. The molecule has 0 aliphatic carbocycles. The molecule has 0 saturated carbocycles. The van der Waals surface area contributed by atoms with Crippen molar-refractivity contribution in [2.24, 2.45) is 5.92 Å². The van der Waals surface area contributed by atoms with Crippen molar-refractivity contribution in [2.45, 2.75) is 27.2 Å². The zero-order chi connectivity index (χ0) is 14.0. The van der Waals surface area contributed by atoms with Gasteiger partial charge < -0.3 is 0 Å². The molecule has 2 rings (SSSR count). The van der Waals surface area contributed by atoms with Gasteiger partial charge in [-0.25, -0.2) is 0 Å². The van der Waals surface area contributed by atoms with E-state index in [1.165, 1.54) is 0 Å². The molecule has 19 heavy (non-hydrogen) atoms. The zero-order valence-electron chi connectivity index (χ0n) is 11.3. The Bertz CT molecular complexity index is 637. The minimum absolute atomic E-state index is 0.0599. The second kappa shape index (κ2) is 5.48. The number of benzene rings is 1. The molecule has 1 aromatic carbocycles.